The normalized spacial score (nSPS) is 19.2. The molecule has 6 heteroatoms. The van der Waals surface area contributed by atoms with Gasteiger partial charge in [-0.3, -0.25) is 4.79 Å². The summed E-state index contributed by atoms with van der Waals surface area (Å²) in [7, 11) is 0. The number of Topliss-reactive ketones (excluding diaryl/α,β-unsaturated/α-hetero) is 1. The molecule has 2 aliphatic rings. The third kappa shape index (κ3) is 3.40. The van der Waals surface area contributed by atoms with Gasteiger partial charge in [-0.05, 0) is 40.3 Å². The van der Waals surface area contributed by atoms with Crippen LogP contribution in [-0.2, 0) is 4.79 Å². The second-order valence-corrected chi connectivity index (χ2v) is 10.6. The van der Waals surface area contributed by atoms with Crippen molar-refractivity contribution in [2.75, 3.05) is 5.32 Å². The van der Waals surface area contributed by atoms with Crippen LogP contribution in [0, 0.1) is 5.41 Å². The molecule has 0 amide bonds. The molecule has 1 aromatic heterocycles. The van der Waals surface area contributed by atoms with Gasteiger partial charge in [0.1, 0.15) is 6.04 Å². The highest BCUT2D eigenvalue weighted by Gasteiger charge is 2.41. The third-order valence-electron chi connectivity index (χ3n) is 6.55. The van der Waals surface area contributed by atoms with Gasteiger partial charge in [-0.15, -0.1) is 5.10 Å². The number of hydrogen-bond donors (Lipinski definition) is 1. The molecule has 0 radical (unpaired) electrons. The maximum absolute atomic E-state index is 13.4. The Morgan fingerprint density at radius 3 is 2.58 bits per heavy atom. The van der Waals surface area contributed by atoms with Crippen LogP contribution < -0.4 is 5.32 Å². The highest BCUT2D eigenvalue weighted by molar-refractivity contribution is 9.10. The van der Waals surface area contributed by atoms with Gasteiger partial charge in [-0.25, -0.2) is 4.68 Å². The van der Waals surface area contributed by atoms with Crippen LogP contribution in [0.15, 0.2) is 82.5 Å². The molecular weight excluding hydrogens is 476 g/mol. The molecule has 1 aliphatic heterocycles. The Morgan fingerprint density at radius 1 is 1.00 bits per heavy atom. The summed E-state index contributed by atoms with van der Waals surface area (Å²) in [6, 6.07) is 22.3. The number of halogens is 1. The highest BCUT2D eigenvalue weighted by atomic mass is 79.9. The Morgan fingerprint density at radius 2 is 1.76 bits per heavy atom. The minimum absolute atomic E-state index is 0.0894. The average molecular weight is 499 g/mol. The SMILES string of the molecule is CC1(C)CC(=O)C2=C(C1)Nc1nc(-c3cccc4ccccc34)nn1C2c1ccc(Br)cc1. The van der Waals surface area contributed by atoms with Crippen molar-refractivity contribution in [1.29, 1.82) is 0 Å². The number of aromatic nitrogens is 3. The first-order valence-electron chi connectivity index (χ1n) is 11.1. The van der Waals surface area contributed by atoms with Crippen molar-refractivity contribution in [3.63, 3.8) is 0 Å². The number of rotatable bonds is 2. The maximum atomic E-state index is 13.4. The van der Waals surface area contributed by atoms with Crippen LogP contribution >= 0.6 is 15.9 Å². The molecule has 1 unspecified atom stereocenters. The van der Waals surface area contributed by atoms with Crippen LogP contribution in [0.4, 0.5) is 5.95 Å². The number of carbonyl (C=O) groups excluding carboxylic acids is 1. The number of hydrogen-bond acceptors (Lipinski definition) is 4. The monoisotopic (exact) mass is 498 g/mol. The summed E-state index contributed by atoms with van der Waals surface area (Å²) in [5, 5.41) is 10.7. The molecule has 2 heterocycles. The molecule has 5 nitrogen and oxygen atoms in total. The van der Waals surface area contributed by atoms with Crippen LogP contribution in [0.1, 0.15) is 38.3 Å². The van der Waals surface area contributed by atoms with Gasteiger partial charge < -0.3 is 5.32 Å². The number of nitrogens with one attached hydrogen (secondary N) is 1. The summed E-state index contributed by atoms with van der Waals surface area (Å²) < 4.78 is 2.89. The van der Waals surface area contributed by atoms with Crippen molar-refractivity contribution in [2.45, 2.75) is 32.7 Å². The molecule has 3 aromatic carbocycles. The van der Waals surface area contributed by atoms with Crippen LogP contribution in [0.5, 0.6) is 0 Å². The molecular formula is C27H23BrN4O. The van der Waals surface area contributed by atoms with Crippen LogP contribution in [-0.4, -0.2) is 20.5 Å². The van der Waals surface area contributed by atoms with E-state index in [0.717, 1.165) is 44.1 Å². The zero-order chi connectivity index (χ0) is 22.7. The lowest BCUT2D eigenvalue weighted by Gasteiger charge is -2.38. The summed E-state index contributed by atoms with van der Waals surface area (Å²) in [5.74, 6) is 1.51. The summed E-state index contributed by atoms with van der Waals surface area (Å²) >= 11 is 3.53. The van der Waals surface area contributed by atoms with E-state index in [1.807, 2.05) is 35.0 Å². The topological polar surface area (TPSA) is 59.8 Å². The van der Waals surface area contributed by atoms with Gasteiger partial charge in [0, 0.05) is 27.7 Å². The van der Waals surface area contributed by atoms with Crippen LogP contribution in [0.25, 0.3) is 22.2 Å². The van der Waals surface area contributed by atoms with Gasteiger partial charge in [0.05, 0.1) is 0 Å². The van der Waals surface area contributed by atoms with Gasteiger partial charge in [-0.1, -0.05) is 84.4 Å². The quantitative estimate of drug-likeness (QED) is 0.341. The fourth-order valence-electron chi connectivity index (χ4n) is 5.10. The number of fused-ring (bicyclic) bond motifs is 2. The molecule has 1 N–H and O–H groups in total. The molecule has 0 bridgehead atoms. The second-order valence-electron chi connectivity index (χ2n) is 9.64. The molecule has 1 aliphatic carbocycles. The fraction of sp³-hybridized carbons (Fsp3) is 0.222. The van der Waals surface area contributed by atoms with Gasteiger partial charge in [-0.2, -0.15) is 4.98 Å². The van der Waals surface area contributed by atoms with E-state index in [1.165, 1.54) is 0 Å². The largest absolute Gasteiger partial charge is 0.328 e. The fourth-order valence-corrected chi connectivity index (χ4v) is 5.36. The van der Waals surface area contributed by atoms with Gasteiger partial charge in [0.15, 0.2) is 11.6 Å². The van der Waals surface area contributed by atoms with Crippen molar-refractivity contribution in [3.05, 3.63) is 88.0 Å². The van der Waals surface area contributed by atoms with E-state index < -0.39 is 0 Å². The van der Waals surface area contributed by atoms with Crippen LogP contribution in [0.3, 0.4) is 0 Å². The summed E-state index contributed by atoms with van der Waals surface area (Å²) in [5.41, 5.74) is 3.69. The number of anilines is 1. The lowest BCUT2D eigenvalue weighted by molar-refractivity contribution is -0.118. The maximum Gasteiger partial charge on any atom is 0.226 e. The first kappa shape index (κ1) is 20.4. The van der Waals surface area contributed by atoms with Crippen molar-refractivity contribution in [2.24, 2.45) is 5.41 Å². The Bertz CT molecular complexity index is 1440. The number of allylic oxidation sites excluding steroid dienone is 2. The van der Waals surface area contributed by atoms with Crippen molar-refractivity contribution >= 4 is 38.4 Å². The lowest BCUT2D eigenvalue weighted by atomic mass is 9.73. The van der Waals surface area contributed by atoms with Crippen molar-refractivity contribution in [3.8, 4) is 11.4 Å². The number of carbonyl (C=O) groups is 1. The molecule has 164 valence electrons. The average Bonchev–Trinajstić information content (AvgIpc) is 3.20. The summed E-state index contributed by atoms with van der Waals surface area (Å²) in [6.07, 6.45) is 1.33. The van der Waals surface area contributed by atoms with E-state index in [-0.39, 0.29) is 17.2 Å². The van der Waals surface area contributed by atoms with Crippen molar-refractivity contribution < 1.29 is 4.79 Å². The van der Waals surface area contributed by atoms with E-state index in [1.54, 1.807) is 0 Å². The van der Waals surface area contributed by atoms with Crippen LogP contribution in [0.2, 0.25) is 0 Å². The predicted octanol–water partition coefficient (Wildman–Crippen LogP) is 6.52. The Hall–Kier alpha value is -3.25. The molecule has 0 saturated heterocycles. The van der Waals surface area contributed by atoms with Gasteiger partial charge >= 0.3 is 0 Å². The molecule has 0 saturated carbocycles. The number of benzene rings is 3. The zero-order valence-corrected chi connectivity index (χ0v) is 20.1. The van der Waals surface area contributed by atoms with Gasteiger partial charge in [0.25, 0.3) is 0 Å². The Balaban J connectivity index is 1.55. The summed E-state index contributed by atoms with van der Waals surface area (Å²) in [4.78, 5) is 18.3. The van der Waals surface area contributed by atoms with E-state index >= 15 is 0 Å². The minimum atomic E-state index is -0.302. The van der Waals surface area contributed by atoms with Crippen molar-refractivity contribution in [1.82, 2.24) is 14.8 Å². The van der Waals surface area contributed by atoms with E-state index in [4.69, 9.17) is 10.1 Å². The highest BCUT2D eigenvalue weighted by Crippen LogP contribution is 2.46. The number of ketones is 1. The molecule has 6 rings (SSSR count). The van der Waals surface area contributed by atoms with E-state index in [9.17, 15) is 4.79 Å². The first-order chi connectivity index (χ1) is 15.9. The Kier molecular flexibility index (Phi) is 4.56. The number of nitrogens with zero attached hydrogens (tertiary/aromatic N) is 3. The lowest BCUT2D eigenvalue weighted by Crippen LogP contribution is -2.36. The van der Waals surface area contributed by atoms with E-state index in [2.05, 4.69) is 71.5 Å². The third-order valence-corrected chi connectivity index (χ3v) is 7.08. The first-order valence-corrected chi connectivity index (χ1v) is 11.9. The molecule has 0 fully saturated rings. The minimum Gasteiger partial charge on any atom is -0.328 e. The molecule has 4 aromatic rings. The van der Waals surface area contributed by atoms with Gasteiger partial charge in [0.2, 0.25) is 5.95 Å². The standard InChI is InChI=1S/C27H23BrN4O/c1-27(2)14-21-23(22(33)15-27)24(17-10-12-18(28)13-11-17)32-26(29-21)30-25(31-32)20-9-5-7-16-6-3-4-8-19(16)20/h3-13,24H,14-15H2,1-2H3,(H,29,30,31). The zero-order valence-electron chi connectivity index (χ0n) is 18.5. The Labute approximate surface area is 200 Å². The predicted molar refractivity (Wildman–Crippen MR) is 134 cm³/mol. The van der Waals surface area contributed by atoms with E-state index in [0.29, 0.717) is 18.2 Å². The smallest absolute Gasteiger partial charge is 0.226 e. The molecule has 1 atom stereocenters. The second kappa shape index (κ2) is 7.39. The molecule has 33 heavy (non-hydrogen) atoms. The molecule has 0 spiro atoms. The summed E-state index contributed by atoms with van der Waals surface area (Å²) in [6.45, 7) is 4.29.